The van der Waals surface area contributed by atoms with Crippen molar-refractivity contribution in [2.24, 2.45) is 0 Å². The van der Waals surface area contributed by atoms with Gasteiger partial charge in [-0.3, -0.25) is 9.89 Å². The summed E-state index contributed by atoms with van der Waals surface area (Å²) in [7, 11) is 0. The predicted octanol–water partition coefficient (Wildman–Crippen LogP) is 3.38. The summed E-state index contributed by atoms with van der Waals surface area (Å²) < 4.78 is 0. The van der Waals surface area contributed by atoms with Crippen molar-refractivity contribution in [2.75, 3.05) is 6.61 Å². The zero-order valence-corrected chi connectivity index (χ0v) is 13.9. The van der Waals surface area contributed by atoms with Gasteiger partial charge in [-0.2, -0.15) is 5.10 Å². The molecule has 6 heteroatoms. The Morgan fingerprint density at radius 3 is 2.79 bits per heavy atom. The van der Waals surface area contributed by atoms with Gasteiger partial charge in [-0.05, 0) is 35.9 Å². The first-order valence-corrected chi connectivity index (χ1v) is 8.72. The summed E-state index contributed by atoms with van der Waals surface area (Å²) in [6.07, 6.45) is 1.30. The van der Waals surface area contributed by atoms with E-state index in [-0.39, 0.29) is 18.6 Å². The Hall–Kier alpha value is -2.44. The smallest absolute Gasteiger partial charge is 0.272 e. The van der Waals surface area contributed by atoms with Gasteiger partial charge in [0.2, 0.25) is 0 Å². The number of nitrogens with one attached hydrogen (secondary N) is 2. The fraction of sp³-hybridized carbons (Fsp3) is 0.222. The Labute approximate surface area is 144 Å². The van der Waals surface area contributed by atoms with Crippen LogP contribution in [0.3, 0.4) is 0 Å². The van der Waals surface area contributed by atoms with E-state index in [4.69, 9.17) is 5.11 Å². The SMILES string of the molecule is O=C(NC(CCCO)c1ccccc1)c1cc(-c2cccs2)[nH]n1. The third-order valence-electron chi connectivity index (χ3n) is 3.76. The molecule has 24 heavy (non-hydrogen) atoms. The number of H-pyrrole nitrogens is 1. The number of aromatic amines is 1. The highest BCUT2D eigenvalue weighted by molar-refractivity contribution is 7.13. The fourth-order valence-corrected chi connectivity index (χ4v) is 3.22. The van der Waals surface area contributed by atoms with E-state index in [0.717, 1.165) is 16.1 Å². The lowest BCUT2D eigenvalue weighted by atomic mass is 10.0. The molecule has 0 saturated carbocycles. The van der Waals surface area contributed by atoms with Crippen molar-refractivity contribution in [3.63, 3.8) is 0 Å². The lowest BCUT2D eigenvalue weighted by molar-refractivity contribution is 0.0927. The highest BCUT2D eigenvalue weighted by Crippen LogP contribution is 2.23. The van der Waals surface area contributed by atoms with Crippen LogP contribution in [0.4, 0.5) is 0 Å². The number of thiophene rings is 1. The summed E-state index contributed by atoms with van der Waals surface area (Å²) in [6.45, 7) is 0.101. The molecular weight excluding hydrogens is 322 g/mol. The Morgan fingerprint density at radius 1 is 1.25 bits per heavy atom. The number of rotatable bonds is 7. The van der Waals surface area contributed by atoms with Crippen LogP contribution in [-0.2, 0) is 0 Å². The molecule has 0 radical (unpaired) electrons. The minimum Gasteiger partial charge on any atom is -0.396 e. The first-order valence-electron chi connectivity index (χ1n) is 7.84. The van der Waals surface area contributed by atoms with E-state index in [1.54, 1.807) is 17.4 Å². The lowest BCUT2D eigenvalue weighted by Gasteiger charge is -2.18. The van der Waals surface area contributed by atoms with E-state index >= 15 is 0 Å². The monoisotopic (exact) mass is 341 g/mol. The minimum absolute atomic E-state index is 0.101. The Morgan fingerprint density at radius 2 is 2.08 bits per heavy atom. The minimum atomic E-state index is -0.221. The van der Waals surface area contributed by atoms with Crippen molar-refractivity contribution in [3.8, 4) is 10.6 Å². The predicted molar refractivity (Wildman–Crippen MR) is 94.9 cm³/mol. The molecule has 1 atom stereocenters. The topological polar surface area (TPSA) is 78.0 Å². The van der Waals surface area contributed by atoms with Crippen molar-refractivity contribution in [1.82, 2.24) is 15.5 Å². The molecule has 3 aromatic rings. The Balaban J connectivity index is 1.73. The number of carbonyl (C=O) groups is 1. The molecule has 0 spiro atoms. The van der Waals surface area contributed by atoms with Gasteiger partial charge in [0, 0.05) is 6.61 Å². The molecule has 1 aromatic carbocycles. The summed E-state index contributed by atoms with van der Waals surface area (Å²) in [6, 6.07) is 15.3. The lowest BCUT2D eigenvalue weighted by Crippen LogP contribution is -2.29. The number of hydrogen-bond acceptors (Lipinski definition) is 4. The molecule has 0 aliphatic rings. The standard InChI is InChI=1S/C18H19N3O2S/c22-10-4-8-14(13-6-2-1-3-7-13)19-18(23)16-12-15(20-21-16)17-9-5-11-24-17/h1-3,5-7,9,11-12,14,22H,4,8,10H2,(H,19,23)(H,20,21). The van der Waals surface area contributed by atoms with Gasteiger partial charge in [0.25, 0.3) is 5.91 Å². The second-order valence-corrected chi connectivity index (χ2v) is 6.39. The van der Waals surface area contributed by atoms with E-state index in [1.165, 1.54) is 0 Å². The maximum absolute atomic E-state index is 12.5. The molecule has 124 valence electrons. The van der Waals surface area contributed by atoms with Crippen LogP contribution in [0.2, 0.25) is 0 Å². The molecular formula is C18H19N3O2S. The van der Waals surface area contributed by atoms with Crippen LogP contribution < -0.4 is 5.32 Å². The van der Waals surface area contributed by atoms with Crippen LogP contribution >= 0.6 is 11.3 Å². The van der Waals surface area contributed by atoms with Gasteiger partial charge in [0.1, 0.15) is 0 Å². The van der Waals surface area contributed by atoms with Crippen LogP contribution in [0.5, 0.6) is 0 Å². The highest BCUT2D eigenvalue weighted by atomic mass is 32.1. The van der Waals surface area contributed by atoms with E-state index in [2.05, 4.69) is 15.5 Å². The zero-order chi connectivity index (χ0) is 16.8. The van der Waals surface area contributed by atoms with Gasteiger partial charge in [0.15, 0.2) is 5.69 Å². The van der Waals surface area contributed by atoms with Crippen molar-refractivity contribution < 1.29 is 9.90 Å². The van der Waals surface area contributed by atoms with Crippen LogP contribution in [0.15, 0.2) is 53.9 Å². The summed E-state index contributed by atoms with van der Waals surface area (Å²) in [5.74, 6) is -0.221. The summed E-state index contributed by atoms with van der Waals surface area (Å²) in [5.41, 5.74) is 2.22. The second kappa shape index (κ2) is 7.90. The molecule has 1 amide bonds. The molecule has 2 heterocycles. The van der Waals surface area contributed by atoms with Crippen molar-refractivity contribution in [2.45, 2.75) is 18.9 Å². The molecule has 5 nitrogen and oxygen atoms in total. The third kappa shape index (κ3) is 3.90. The fourth-order valence-electron chi connectivity index (χ4n) is 2.53. The van der Waals surface area contributed by atoms with Crippen LogP contribution in [0, 0.1) is 0 Å². The van der Waals surface area contributed by atoms with E-state index in [9.17, 15) is 4.79 Å². The summed E-state index contributed by atoms with van der Waals surface area (Å²) >= 11 is 1.59. The van der Waals surface area contributed by atoms with Gasteiger partial charge >= 0.3 is 0 Å². The van der Waals surface area contributed by atoms with E-state index in [0.29, 0.717) is 18.5 Å². The first kappa shape index (κ1) is 16.4. The number of aliphatic hydroxyl groups excluding tert-OH is 1. The number of carbonyl (C=O) groups excluding carboxylic acids is 1. The number of nitrogens with zero attached hydrogens (tertiary/aromatic N) is 1. The summed E-state index contributed by atoms with van der Waals surface area (Å²) in [4.78, 5) is 13.6. The molecule has 0 fully saturated rings. The van der Waals surface area contributed by atoms with E-state index in [1.807, 2.05) is 47.8 Å². The van der Waals surface area contributed by atoms with Crippen molar-refractivity contribution in [1.29, 1.82) is 0 Å². The number of aromatic nitrogens is 2. The highest BCUT2D eigenvalue weighted by Gasteiger charge is 2.18. The molecule has 0 aliphatic heterocycles. The third-order valence-corrected chi connectivity index (χ3v) is 4.66. The quantitative estimate of drug-likeness (QED) is 0.616. The normalized spacial score (nSPS) is 12.0. The average molecular weight is 341 g/mol. The van der Waals surface area contributed by atoms with Gasteiger partial charge in [-0.15, -0.1) is 11.3 Å². The number of aliphatic hydroxyl groups is 1. The molecule has 2 aromatic heterocycles. The molecule has 0 saturated heterocycles. The largest absolute Gasteiger partial charge is 0.396 e. The molecule has 0 aliphatic carbocycles. The Bertz CT molecular complexity index is 769. The number of benzene rings is 1. The van der Waals surface area contributed by atoms with E-state index < -0.39 is 0 Å². The van der Waals surface area contributed by atoms with Gasteiger partial charge in [-0.1, -0.05) is 36.4 Å². The number of hydrogen-bond donors (Lipinski definition) is 3. The second-order valence-electron chi connectivity index (χ2n) is 5.45. The van der Waals surface area contributed by atoms with Gasteiger partial charge in [0.05, 0.1) is 16.6 Å². The molecule has 3 rings (SSSR count). The van der Waals surface area contributed by atoms with Crippen LogP contribution in [0.1, 0.15) is 34.9 Å². The zero-order valence-electron chi connectivity index (χ0n) is 13.1. The van der Waals surface area contributed by atoms with Crippen LogP contribution in [-0.4, -0.2) is 27.8 Å². The molecule has 0 bridgehead atoms. The van der Waals surface area contributed by atoms with Gasteiger partial charge in [-0.25, -0.2) is 0 Å². The average Bonchev–Trinajstić information content (AvgIpc) is 3.30. The summed E-state index contributed by atoms with van der Waals surface area (Å²) in [5, 5.41) is 21.1. The first-order chi connectivity index (χ1) is 11.8. The Kier molecular flexibility index (Phi) is 5.40. The van der Waals surface area contributed by atoms with Gasteiger partial charge < -0.3 is 10.4 Å². The number of amides is 1. The van der Waals surface area contributed by atoms with Crippen molar-refractivity contribution in [3.05, 3.63) is 65.2 Å². The maximum Gasteiger partial charge on any atom is 0.272 e. The molecule has 3 N–H and O–H groups in total. The maximum atomic E-state index is 12.5. The van der Waals surface area contributed by atoms with Crippen LogP contribution in [0.25, 0.3) is 10.6 Å². The molecule has 1 unspecified atom stereocenters. The van der Waals surface area contributed by atoms with Crippen molar-refractivity contribution >= 4 is 17.2 Å².